The first-order valence-corrected chi connectivity index (χ1v) is 6.50. The van der Waals surface area contributed by atoms with E-state index < -0.39 is 5.97 Å². The summed E-state index contributed by atoms with van der Waals surface area (Å²) in [5.74, 6) is 0.186. The number of methoxy groups -OCH3 is 2. The molecule has 0 aliphatic rings. The molecule has 0 N–H and O–H groups in total. The number of carbonyl (C=O) groups excluding carboxylic acids is 1. The van der Waals surface area contributed by atoms with Crippen LogP contribution in [0.5, 0.6) is 5.75 Å². The molecular formula is C16H17NO4. The molecule has 1 heterocycles. The quantitative estimate of drug-likeness (QED) is 0.603. The fourth-order valence-electron chi connectivity index (χ4n) is 1.86. The van der Waals surface area contributed by atoms with E-state index in [4.69, 9.17) is 14.2 Å². The van der Waals surface area contributed by atoms with Crippen LogP contribution < -0.4 is 4.74 Å². The van der Waals surface area contributed by atoms with Gasteiger partial charge in [0.15, 0.2) is 0 Å². The van der Waals surface area contributed by atoms with Crippen molar-refractivity contribution in [3.05, 3.63) is 48.3 Å². The average Bonchev–Trinajstić information content (AvgIpc) is 2.55. The molecule has 5 nitrogen and oxygen atoms in total. The van der Waals surface area contributed by atoms with Gasteiger partial charge in [-0.05, 0) is 29.8 Å². The van der Waals surface area contributed by atoms with Gasteiger partial charge in [-0.1, -0.05) is 6.07 Å². The van der Waals surface area contributed by atoms with Crippen LogP contribution in [0.4, 0.5) is 0 Å². The van der Waals surface area contributed by atoms with Crippen molar-refractivity contribution >= 4 is 5.97 Å². The van der Waals surface area contributed by atoms with E-state index in [-0.39, 0.29) is 0 Å². The number of carbonyl (C=O) groups is 1. The number of nitrogens with zero attached hydrogens (tertiary/aromatic N) is 1. The van der Waals surface area contributed by atoms with E-state index in [2.05, 4.69) is 4.98 Å². The van der Waals surface area contributed by atoms with Gasteiger partial charge in [0.1, 0.15) is 12.4 Å². The minimum Gasteiger partial charge on any atom is -0.491 e. The Hall–Kier alpha value is -2.40. The van der Waals surface area contributed by atoms with Crippen LogP contribution in [0.2, 0.25) is 0 Å². The van der Waals surface area contributed by atoms with Crippen LogP contribution in [-0.4, -0.2) is 38.4 Å². The molecule has 0 bridgehead atoms. The van der Waals surface area contributed by atoms with Gasteiger partial charge >= 0.3 is 5.97 Å². The maximum Gasteiger partial charge on any atom is 0.338 e. The number of benzene rings is 1. The Morgan fingerprint density at radius 1 is 1.14 bits per heavy atom. The number of hydrogen-bond acceptors (Lipinski definition) is 5. The summed E-state index contributed by atoms with van der Waals surface area (Å²) < 4.78 is 15.3. The summed E-state index contributed by atoms with van der Waals surface area (Å²) >= 11 is 0. The summed E-state index contributed by atoms with van der Waals surface area (Å²) in [6.45, 7) is 0.887. The second-order valence-corrected chi connectivity index (χ2v) is 4.32. The molecule has 1 aromatic carbocycles. The van der Waals surface area contributed by atoms with Crippen molar-refractivity contribution in [3.63, 3.8) is 0 Å². The molecule has 21 heavy (non-hydrogen) atoms. The Balaban J connectivity index is 2.35. The standard InChI is InChI=1S/C16H17NO4/c1-19-6-7-21-15-9-13(12-4-3-5-17-11-12)8-14(10-15)16(18)20-2/h3-5,8-11H,6-7H2,1-2H3. The summed E-state index contributed by atoms with van der Waals surface area (Å²) in [5.41, 5.74) is 2.18. The fourth-order valence-corrected chi connectivity index (χ4v) is 1.86. The molecule has 5 heteroatoms. The Bertz CT molecular complexity index is 598. The normalized spacial score (nSPS) is 10.2. The van der Waals surface area contributed by atoms with Crippen LogP contribution in [-0.2, 0) is 9.47 Å². The van der Waals surface area contributed by atoms with E-state index in [9.17, 15) is 4.79 Å². The maximum absolute atomic E-state index is 11.8. The third kappa shape index (κ3) is 4.03. The summed E-state index contributed by atoms with van der Waals surface area (Å²) in [4.78, 5) is 15.8. The number of ether oxygens (including phenoxy) is 3. The molecule has 0 amide bonds. The molecule has 0 fully saturated rings. The van der Waals surface area contributed by atoms with Crippen molar-refractivity contribution in [2.75, 3.05) is 27.4 Å². The van der Waals surface area contributed by atoms with Gasteiger partial charge in [0.25, 0.3) is 0 Å². The van der Waals surface area contributed by atoms with E-state index in [1.807, 2.05) is 18.2 Å². The number of esters is 1. The van der Waals surface area contributed by atoms with Crippen LogP contribution in [0.15, 0.2) is 42.7 Å². The smallest absolute Gasteiger partial charge is 0.338 e. The second kappa shape index (κ2) is 7.40. The maximum atomic E-state index is 11.8. The molecule has 2 rings (SSSR count). The Labute approximate surface area is 123 Å². The Kier molecular flexibility index (Phi) is 5.29. The van der Waals surface area contributed by atoms with Crippen LogP contribution in [0.25, 0.3) is 11.1 Å². The molecule has 0 unspecified atom stereocenters. The van der Waals surface area contributed by atoms with Crippen LogP contribution >= 0.6 is 0 Å². The van der Waals surface area contributed by atoms with Gasteiger partial charge in [-0.2, -0.15) is 0 Å². The monoisotopic (exact) mass is 287 g/mol. The second-order valence-electron chi connectivity index (χ2n) is 4.32. The Morgan fingerprint density at radius 3 is 2.67 bits per heavy atom. The number of pyridine rings is 1. The van der Waals surface area contributed by atoms with Gasteiger partial charge in [0, 0.05) is 25.1 Å². The van der Waals surface area contributed by atoms with E-state index in [1.54, 1.807) is 31.6 Å². The predicted octanol–water partition coefficient (Wildman–Crippen LogP) is 2.56. The lowest BCUT2D eigenvalue weighted by molar-refractivity contribution is 0.0600. The van der Waals surface area contributed by atoms with Gasteiger partial charge in [-0.15, -0.1) is 0 Å². The molecule has 110 valence electrons. The molecule has 0 radical (unpaired) electrons. The third-order valence-corrected chi connectivity index (χ3v) is 2.88. The van der Waals surface area contributed by atoms with E-state index in [1.165, 1.54) is 7.11 Å². The predicted molar refractivity (Wildman–Crippen MR) is 78.4 cm³/mol. The van der Waals surface area contributed by atoms with E-state index in [0.29, 0.717) is 24.5 Å². The highest BCUT2D eigenvalue weighted by atomic mass is 16.5. The van der Waals surface area contributed by atoms with Crippen LogP contribution in [0, 0.1) is 0 Å². The summed E-state index contributed by atoms with van der Waals surface area (Å²) in [7, 11) is 2.96. The number of rotatable bonds is 6. The van der Waals surface area contributed by atoms with Gasteiger partial charge < -0.3 is 14.2 Å². The first-order valence-electron chi connectivity index (χ1n) is 6.50. The van der Waals surface area contributed by atoms with Gasteiger partial charge in [-0.25, -0.2) is 4.79 Å². The molecule has 2 aromatic rings. The molecular weight excluding hydrogens is 270 g/mol. The zero-order chi connectivity index (χ0) is 15.1. The molecule has 0 saturated carbocycles. The zero-order valence-electron chi connectivity index (χ0n) is 12.0. The zero-order valence-corrected chi connectivity index (χ0v) is 12.0. The minimum absolute atomic E-state index is 0.405. The van der Waals surface area contributed by atoms with Crippen LogP contribution in [0.3, 0.4) is 0 Å². The summed E-state index contributed by atoms with van der Waals surface area (Å²) in [6, 6.07) is 9.03. The van der Waals surface area contributed by atoms with Crippen molar-refractivity contribution in [1.82, 2.24) is 4.98 Å². The first kappa shape index (κ1) is 15.0. The lowest BCUT2D eigenvalue weighted by Crippen LogP contribution is -2.06. The van der Waals surface area contributed by atoms with Crippen molar-refractivity contribution in [2.45, 2.75) is 0 Å². The van der Waals surface area contributed by atoms with Gasteiger partial charge in [0.2, 0.25) is 0 Å². The van der Waals surface area contributed by atoms with Crippen LogP contribution in [0.1, 0.15) is 10.4 Å². The minimum atomic E-state index is -0.405. The van der Waals surface area contributed by atoms with E-state index >= 15 is 0 Å². The number of hydrogen-bond donors (Lipinski definition) is 0. The largest absolute Gasteiger partial charge is 0.491 e. The van der Waals surface area contributed by atoms with Gasteiger partial charge in [0.05, 0.1) is 19.3 Å². The fraction of sp³-hybridized carbons (Fsp3) is 0.250. The average molecular weight is 287 g/mol. The highest BCUT2D eigenvalue weighted by Crippen LogP contribution is 2.26. The molecule has 1 aromatic heterocycles. The van der Waals surface area contributed by atoms with Crippen molar-refractivity contribution in [2.24, 2.45) is 0 Å². The first-order chi connectivity index (χ1) is 10.2. The molecule has 0 atom stereocenters. The lowest BCUT2D eigenvalue weighted by Gasteiger charge is -2.10. The van der Waals surface area contributed by atoms with Crippen molar-refractivity contribution < 1.29 is 19.0 Å². The summed E-state index contributed by atoms with van der Waals surface area (Å²) in [5, 5.41) is 0. The molecule has 0 saturated heterocycles. The highest BCUT2D eigenvalue weighted by molar-refractivity contribution is 5.91. The molecule has 0 aliphatic heterocycles. The van der Waals surface area contributed by atoms with Crippen molar-refractivity contribution in [3.8, 4) is 16.9 Å². The molecule has 0 aliphatic carbocycles. The topological polar surface area (TPSA) is 57.7 Å². The molecule has 0 spiro atoms. The van der Waals surface area contributed by atoms with E-state index in [0.717, 1.165) is 11.1 Å². The highest BCUT2D eigenvalue weighted by Gasteiger charge is 2.11. The lowest BCUT2D eigenvalue weighted by atomic mass is 10.0. The van der Waals surface area contributed by atoms with Crippen molar-refractivity contribution in [1.29, 1.82) is 0 Å². The SMILES string of the molecule is COCCOc1cc(C(=O)OC)cc(-c2cccnc2)c1. The van der Waals surface area contributed by atoms with Gasteiger partial charge in [-0.3, -0.25) is 4.98 Å². The summed E-state index contributed by atoms with van der Waals surface area (Å²) in [6.07, 6.45) is 3.43. The number of aromatic nitrogens is 1. The Morgan fingerprint density at radius 2 is 2.00 bits per heavy atom. The third-order valence-electron chi connectivity index (χ3n) is 2.88.